The lowest BCUT2D eigenvalue weighted by Crippen LogP contribution is -2.51. The molecule has 0 bridgehead atoms. The molecule has 160 valence electrons. The van der Waals surface area contributed by atoms with Crippen molar-refractivity contribution in [1.82, 2.24) is 24.8 Å². The third-order valence-electron chi connectivity index (χ3n) is 4.75. The standard InChI is InChI=1S/C19H24N6O5/c1-13(2)12-30-19(27)23-9-7-22(8-10-23)18(26)17-14(3)24(21-20-17)15-5-4-6-16(11-15)25(28)29/h4-6,11,13H,7-10,12H2,1-3H3. The first-order valence-electron chi connectivity index (χ1n) is 9.66. The second kappa shape index (κ2) is 8.89. The molecule has 11 nitrogen and oxygen atoms in total. The van der Waals surface area contributed by atoms with Crippen molar-refractivity contribution in [3.05, 3.63) is 45.8 Å². The van der Waals surface area contributed by atoms with Crippen molar-refractivity contribution in [2.45, 2.75) is 20.8 Å². The second-order valence-electron chi connectivity index (χ2n) is 7.46. The Morgan fingerprint density at radius 1 is 1.20 bits per heavy atom. The minimum Gasteiger partial charge on any atom is -0.449 e. The van der Waals surface area contributed by atoms with Gasteiger partial charge in [0.2, 0.25) is 0 Å². The quantitative estimate of drug-likeness (QED) is 0.539. The Morgan fingerprint density at radius 3 is 2.50 bits per heavy atom. The monoisotopic (exact) mass is 416 g/mol. The van der Waals surface area contributed by atoms with Crippen LogP contribution in [0.2, 0.25) is 0 Å². The maximum atomic E-state index is 12.9. The molecule has 2 aromatic rings. The van der Waals surface area contributed by atoms with Crippen LogP contribution in [0.25, 0.3) is 5.69 Å². The number of amides is 2. The normalized spacial score (nSPS) is 14.1. The zero-order valence-electron chi connectivity index (χ0n) is 17.1. The van der Waals surface area contributed by atoms with Gasteiger partial charge in [0.25, 0.3) is 11.6 Å². The van der Waals surface area contributed by atoms with E-state index in [1.807, 2.05) is 13.8 Å². The molecule has 30 heavy (non-hydrogen) atoms. The number of nitro groups is 1. The molecule has 1 aliphatic rings. The van der Waals surface area contributed by atoms with Crippen LogP contribution in [-0.2, 0) is 4.74 Å². The van der Waals surface area contributed by atoms with E-state index in [1.165, 1.54) is 16.8 Å². The van der Waals surface area contributed by atoms with E-state index in [0.717, 1.165) is 0 Å². The summed E-state index contributed by atoms with van der Waals surface area (Å²) in [6.07, 6.45) is -0.372. The predicted octanol–water partition coefficient (Wildman–Crippen LogP) is 2.03. The van der Waals surface area contributed by atoms with E-state index in [4.69, 9.17) is 4.74 Å². The number of piperazine rings is 1. The van der Waals surface area contributed by atoms with Gasteiger partial charge in [-0.25, -0.2) is 9.48 Å². The Bertz CT molecular complexity index is 949. The average Bonchev–Trinajstić information content (AvgIpc) is 3.13. The number of carbonyl (C=O) groups is 2. The zero-order chi connectivity index (χ0) is 21.8. The van der Waals surface area contributed by atoms with Gasteiger partial charge in [0, 0.05) is 38.3 Å². The number of hydrogen-bond donors (Lipinski definition) is 0. The van der Waals surface area contributed by atoms with Crippen molar-refractivity contribution >= 4 is 17.7 Å². The minimum absolute atomic E-state index is 0.0734. The summed E-state index contributed by atoms with van der Waals surface area (Å²) in [5.41, 5.74) is 1.04. The van der Waals surface area contributed by atoms with Crippen molar-refractivity contribution in [1.29, 1.82) is 0 Å². The van der Waals surface area contributed by atoms with Crippen molar-refractivity contribution in [2.24, 2.45) is 5.92 Å². The van der Waals surface area contributed by atoms with Crippen molar-refractivity contribution < 1.29 is 19.2 Å². The van der Waals surface area contributed by atoms with Crippen LogP contribution in [0, 0.1) is 23.0 Å². The van der Waals surface area contributed by atoms with E-state index < -0.39 is 4.92 Å². The number of non-ortho nitro benzene ring substituents is 1. The number of nitro benzene ring substituents is 1. The van der Waals surface area contributed by atoms with Crippen LogP contribution in [0.4, 0.5) is 10.5 Å². The van der Waals surface area contributed by atoms with Crippen molar-refractivity contribution in [3.8, 4) is 5.69 Å². The lowest BCUT2D eigenvalue weighted by Gasteiger charge is -2.33. The number of ether oxygens (including phenoxy) is 1. The van der Waals surface area contributed by atoms with Crippen LogP contribution in [-0.4, -0.2) is 74.5 Å². The number of aromatic nitrogens is 3. The van der Waals surface area contributed by atoms with Crippen LogP contribution < -0.4 is 0 Å². The molecule has 1 aromatic heterocycles. The van der Waals surface area contributed by atoms with Crippen LogP contribution in [0.3, 0.4) is 0 Å². The SMILES string of the molecule is Cc1c(C(=O)N2CCN(C(=O)OCC(C)C)CC2)nnn1-c1cccc([N+](=O)[O-])c1. The summed E-state index contributed by atoms with van der Waals surface area (Å²) >= 11 is 0. The molecule has 1 fully saturated rings. The van der Waals surface area contributed by atoms with Crippen LogP contribution in [0.5, 0.6) is 0 Å². The summed E-state index contributed by atoms with van der Waals surface area (Å²) in [5.74, 6) is -0.0344. The summed E-state index contributed by atoms with van der Waals surface area (Å²) in [6, 6.07) is 5.96. The van der Waals surface area contributed by atoms with Crippen molar-refractivity contribution in [3.63, 3.8) is 0 Å². The number of hydrogen-bond acceptors (Lipinski definition) is 7. The highest BCUT2D eigenvalue weighted by molar-refractivity contribution is 5.93. The van der Waals surface area contributed by atoms with Gasteiger partial charge < -0.3 is 14.5 Å². The number of carbonyl (C=O) groups excluding carboxylic acids is 2. The van der Waals surface area contributed by atoms with E-state index in [-0.39, 0.29) is 29.3 Å². The third kappa shape index (κ3) is 4.56. The molecule has 2 amide bonds. The zero-order valence-corrected chi connectivity index (χ0v) is 17.1. The smallest absolute Gasteiger partial charge is 0.409 e. The molecular formula is C19H24N6O5. The first-order valence-corrected chi connectivity index (χ1v) is 9.66. The molecule has 1 aliphatic heterocycles. The Hall–Kier alpha value is -3.50. The molecule has 0 unspecified atom stereocenters. The number of rotatable bonds is 5. The Morgan fingerprint density at radius 2 is 1.87 bits per heavy atom. The van der Waals surface area contributed by atoms with Crippen molar-refractivity contribution in [2.75, 3.05) is 32.8 Å². The number of nitrogens with zero attached hydrogens (tertiary/aromatic N) is 6. The second-order valence-corrected chi connectivity index (χ2v) is 7.46. The molecule has 1 aromatic carbocycles. The van der Waals surface area contributed by atoms with Crippen LogP contribution >= 0.6 is 0 Å². The van der Waals surface area contributed by atoms with E-state index in [2.05, 4.69) is 10.3 Å². The Labute approximate surface area is 173 Å². The van der Waals surface area contributed by atoms with Crippen LogP contribution in [0.15, 0.2) is 24.3 Å². The lowest BCUT2D eigenvalue weighted by atomic mass is 10.2. The largest absolute Gasteiger partial charge is 0.449 e. The minimum atomic E-state index is -0.493. The van der Waals surface area contributed by atoms with Gasteiger partial charge in [-0.15, -0.1) is 5.10 Å². The highest BCUT2D eigenvalue weighted by Gasteiger charge is 2.29. The fraction of sp³-hybridized carbons (Fsp3) is 0.474. The fourth-order valence-electron chi connectivity index (χ4n) is 3.08. The first-order chi connectivity index (χ1) is 14.3. The molecule has 1 saturated heterocycles. The molecule has 0 atom stereocenters. The fourth-order valence-corrected chi connectivity index (χ4v) is 3.08. The van der Waals surface area contributed by atoms with Gasteiger partial charge in [0.05, 0.1) is 22.9 Å². The molecular weight excluding hydrogens is 392 g/mol. The summed E-state index contributed by atoms with van der Waals surface area (Å²) in [7, 11) is 0. The maximum Gasteiger partial charge on any atom is 0.409 e. The first kappa shape index (κ1) is 21.2. The number of benzene rings is 1. The molecule has 11 heteroatoms. The third-order valence-corrected chi connectivity index (χ3v) is 4.75. The summed E-state index contributed by atoms with van der Waals surface area (Å²) in [4.78, 5) is 38.7. The van der Waals surface area contributed by atoms with Gasteiger partial charge in [-0.3, -0.25) is 14.9 Å². The van der Waals surface area contributed by atoms with Gasteiger partial charge in [-0.2, -0.15) is 0 Å². The molecule has 2 heterocycles. The average molecular weight is 416 g/mol. The lowest BCUT2D eigenvalue weighted by molar-refractivity contribution is -0.384. The highest BCUT2D eigenvalue weighted by Crippen LogP contribution is 2.19. The van der Waals surface area contributed by atoms with Gasteiger partial charge >= 0.3 is 6.09 Å². The Balaban J connectivity index is 1.67. The Kier molecular flexibility index (Phi) is 6.28. The highest BCUT2D eigenvalue weighted by atomic mass is 16.6. The summed E-state index contributed by atoms with van der Waals surface area (Å²) in [6.45, 7) is 7.45. The van der Waals surface area contributed by atoms with Gasteiger partial charge in [-0.05, 0) is 18.9 Å². The van der Waals surface area contributed by atoms with Gasteiger partial charge in [0.15, 0.2) is 5.69 Å². The molecule has 0 N–H and O–H groups in total. The van der Waals surface area contributed by atoms with E-state index in [9.17, 15) is 19.7 Å². The van der Waals surface area contributed by atoms with Gasteiger partial charge in [0.1, 0.15) is 0 Å². The summed E-state index contributed by atoms with van der Waals surface area (Å²) in [5, 5.41) is 19.0. The summed E-state index contributed by atoms with van der Waals surface area (Å²) < 4.78 is 6.63. The predicted molar refractivity (Wildman–Crippen MR) is 106 cm³/mol. The van der Waals surface area contributed by atoms with E-state index in [0.29, 0.717) is 44.2 Å². The molecule has 0 spiro atoms. The molecule has 0 aliphatic carbocycles. The van der Waals surface area contributed by atoms with Crippen LogP contribution in [0.1, 0.15) is 30.0 Å². The van der Waals surface area contributed by atoms with E-state index >= 15 is 0 Å². The van der Waals surface area contributed by atoms with Gasteiger partial charge in [-0.1, -0.05) is 25.1 Å². The molecule has 3 rings (SSSR count). The molecule has 0 saturated carbocycles. The maximum absolute atomic E-state index is 12.9. The topological polar surface area (TPSA) is 124 Å². The molecule has 0 radical (unpaired) electrons. The van der Waals surface area contributed by atoms with E-state index in [1.54, 1.807) is 28.9 Å².